The summed E-state index contributed by atoms with van der Waals surface area (Å²) in [7, 11) is 0. The zero-order chi connectivity index (χ0) is 24.3. The lowest BCUT2D eigenvalue weighted by Gasteiger charge is -2.31. The molecule has 6 rings (SSSR count). The molecule has 0 saturated heterocycles. The van der Waals surface area contributed by atoms with Gasteiger partial charge < -0.3 is 19.5 Å². The number of aryl methyl sites for hydroxylation is 1. The lowest BCUT2D eigenvalue weighted by Crippen LogP contribution is -2.44. The lowest BCUT2D eigenvalue weighted by atomic mass is 9.86. The molecule has 4 aromatic rings. The Labute approximate surface area is 201 Å². The second kappa shape index (κ2) is 8.00. The van der Waals surface area contributed by atoms with Crippen molar-refractivity contribution < 1.29 is 19.7 Å². The minimum absolute atomic E-state index is 0.109. The number of carbonyl (C=O) groups excluding carboxylic acids is 1. The minimum Gasteiger partial charge on any atom is -0.458 e. The van der Waals surface area contributed by atoms with Crippen molar-refractivity contribution in [3.8, 4) is 11.4 Å². The molecule has 0 amide bonds. The number of rotatable bonds is 5. The third-order valence-electron chi connectivity index (χ3n) is 7.53. The monoisotopic (exact) mass is 470 g/mol. The van der Waals surface area contributed by atoms with Crippen molar-refractivity contribution in [3.05, 3.63) is 75.1 Å². The van der Waals surface area contributed by atoms with Gasteiger partial charge in [0.1, 0.15) is 6.61 Å². The van der Waals surface area contributed by atoms with E-state index in [9.17, 15) is 19.8 Å². The van der Waals surface area contributed by atoms with Crippen molar-refractivity contribution >= 4 is 27.6 Å². The van der Waals surface area contributed by atoms with Crippen LogP contribution in [0.5, 0.6) is 0 Å². The summed E-state index contributed by atoms with van der Waals surface area (Å²) in [6, 6.07) is 14.0. The van der Waals surface area contributed by atoms with Crippen molar-refractivity contribution in [1.29, 1.82) is 0 Å². The zero-order valence-corrected chi connectivity index (χ0v) is 19.5. The molecular formula is C28H26N2O5. The molecule has 35 heavy (non-hydrogen) atoms. The van der Waals surface area contributed by atoms with E-state index >= 15 is 0 Å². The highest BCUT2D eigenvalue weighted by atomic mass is 16.6. The van der Waals surface area contributed by atoms with Gasteiger partial charge in [-0.15, -0.1) is 0 Å². The predicted molar refractivity (Wildman–Crippen MR) is 132 cm³/mol. The Morgan fingerprint density at radius 3 is 2.74 bits per heavy atom. The van der Waals surface area contributed by atoms with Crippen LogP contribution in [0.15, 0.2) is 47.3 Å². The number of aliphatic hydroxyl groups is 2. The molecule has 0 spiro atoms. The highest BCUT2D eigenvalue weighted by Crippen LogP contribution is 2.41. The summed E-state index contributed by atoms with van der Waals surface area (Å²) in [6.07, 6.45) is 2.36. The van der Waals surface area contributed by atoms with Crippen LogP contribution in [-0.2, 0) is 34.7 Å². The van der Waals surface area contributed by atoms with E-state index in [1.54, 1.807) is 17.6 Å². The highest BCUT2D eigenvalue weighted by Gasteiger charge is 2.45. The predicted octanol–water partition coefficient (Wildman–Crippen LogP) is 3.55. The van der Waals surface area contributed by atoms with Crippen molar-refractivity contribution in [2.24, 2.45) is 0 Å². The molecule has 7 heteroatoms. The van der Waals surface area contributed by atoms with Crippen molar-refractivity contribution in [3.63, 3.8) is 0 Å². The maximum absolute atomic E-state index is 13.6. The SMILES string of the molecule is CC[C@@]1(O)C(=O)OCc2c1cc1n(c2=O)Cc2c-1nc1ccc3ccccc3c1c2CCCCO. The topological polar surface area (TPSA) is 102 Å². The van der Waals surface area contributed by atoms with Crippen LogP contribution in [0.3, 0.4) is 0 Å². The average Bonchev–Trinajstić information content (AvgIpc) is 3.25. The number of benzene rings is 2. The quantitative estimate of drug-likeness (QED) is 0.231. The third kappa shape index (κ3) is 3.08. The van der Waals surface area contributed by atoms with Crippen LogP contribution in [0.2, 0.25) is 0 Å². The Morgan fingerprint density at radius 1 is 1.11 bits per heavy atom. The Morgan fingerprint density at radius 2 is 1.94 bits per heavy atom. The van der Waals surface area contributed by atoms with Gasteiger partial charge in [0.2, 0.25) is 0 Å². The molecule has 0 bridgehead atoms. The Hall–Kier alpha value is -3.55. The van der Waals surface area contributed by atoms with E-state index in [-0.39, 0.29) is 25.2 Å². The molecule has 2 N–H and O–H groups in total. The number of pyridine rings is 2. The Kier molecular flexibility index (Phi) is 5.02. The van der Waals surface area contributed by atoms with Crippen LogP contribution >= 0.6 is 0 Å². The smallest absolute Gasteiger partial charge is 0.343 e. The molecule has 4 heterocycles. The lowest BCUT2D eigenvalue weighted by molar-refractivity contribution is -0.172. The number of aliphatic hydroxyl groups excluding tert-OH is 1. The summed E-state index contributed by atoms with van der Waals surface area (Å²) in [5.74, 6) is -0.724. The number of hydrogen-bond donors (Lipinski definition) is 2. The molecule has 178 valence electrons. The maximum atomic E-state index is 13.6. The van der Waals surface area contributed by atoms with Gasteiger partial charge >= 0.3 is 5.97 Å². The van der Waals surface area contributed by atoms with Crippen LogP contribution in [-0.4, -0.2) is 32.3 Å². The fraction of sp³-hybridized carbons (Fsp3) is 0.321. The molecule has 7 nitrogen and oxygen atoms in total. The number of nitrogens with zero attached hydrogens (tertiary/aromatic N) is 2. The molecule has 0 aliphatic carbocycles. The first-order chi connectivity index (χ1) is 17.0. The zero-order valence-electron chi connectivity index (χ0n) is 19.5. The summed E-state index contributed by atoms with van der Waals surface area (Å²) >= 11 is 0. The van der Waals surface area contributed by atoms with Gasteiger partial charge in [0.05, 0.1) is 29.0 Å². The van der Waals surface area contributed by atoms with E-state index in [0.717, 1.165) is 45.6 Å². The number of hydrogen-bond acceptors (Lipinski definition) is 6. The summed E-state index contributed by atoms with van der Waals surface area (Å²) in [6.45, 7) is 2.05. The van der Waals surface area contributed by atoms with Crippen LogP contribution in [0.25, 0.3) is 33.1 Å². The normalized spacial score (nSPS) is 18.4. The van der Waals surface area contributed by atoms with E-state index in [1.165, 1.54) is 0 Å². The number of aromatic nitrogens is 2. The first-order valence-electron chi connectivity index (χ1n) is 12.1. The van der Waals surface area contributed by atoms with Crippen LogP contribution in [0.4, 0.5) is 0 Å². The maximum Gasteiger partial charge on any atom is 0.343 e. The van der Waals surface area contributed by atoms with Crippen LogP contribution in [0, 0.1) is 0 Å². The fourth-order valence-corrected chi connectivity index (χ4v) is 5.63. The average molecular weight is 471 g/mol. The van der Waals surface area contributed by atoms with E-state index in [2.05, 4.69) is 18.2 Å². The standard InChI is InChI=1S/C28H26N2O5/c1-2-28(34)21-13-23-25-19(14-30(23)26(32)20(21)15-35-27(28)33)18(9-5-6-12-31)24-17-8-4-3-7-16(17)10-11-22(24)29-25/h3-4,7-8,10-11,13,31,34H,2,5-6,9,12,14-15H2,1H3/t28-/m0/s1. The molecule has 0 radical (unpaired) electrons. The molecule has 2 aliphatic rings. The van der Waals surface area contributed by atoms with Crippen molar-refractivity contribution in [2.75, 3.05) is 6.61 Å². The Balaban J connectivity index is 1.65. The second-order valence-corrected chi connectivity index (χ2v) is 9.38. The Bertz CT molecular complexity index is 1590. The molecule has 2 aromatic carbocycles. The number of fused-ring (bicyclic) bond motifs is 7. The number of esters is 1. The van der Waals surface area contributed by atoms with E-state index in [0.29, 0.717) is 35.5 Å². The van der Waals surface area contributed by atoms with Crippen LogP contribution < -0.4 is 5.56 Å². The van der Waals surface area contributed by atoms with E-state index < -0.39 is 11.6 Å². The van der Waals surface area contributed by atoms with Gasteiger partial charge in [-0.3, -0.25) is 4.79 Å². The number of unbranched alkanes of at least 4 members (excludes halogenated alkanes) is 1. The first-order valence-corrected chi connectivity index (χ1v) is 12.1. The van der Waals surface area contributed by atoms with E-state index in [4.69, 9.17) is 9.72 Å². The number of ether oxygens (including phenoxy) is 1. The number of carbonyl (C=O) groups is 1. The van der Waals surface area contributed by atoms with Gasteiger partial charge in [-0.05, 0) is 54.2 Å². The van der Waals surface area contributed by atoms with Gasteiger partial charge in [-0.25, -0.2) is 9.78 Å². The van der Waals surface area contributed by atoms with Crippen molar-refractivity contribution in [2.45, 2.75) is 51.4 Å². The number of cyclic esters (lactones) is 1. The van der Waals surface area contributed by atoms with Gasteiger partial charge in [0.25, 0.3) is 5.56 Å². The minimum atomic E-state index is -1.85. The van der Waals surface area contributed by atoms with Gasteiger partial charge in [0, 0.05) is 23.1 Å². The van der Waals surface area contributed by atoms with Gasteiger partial charge in [-0.2, -0.15) is 0 Å². The molecule has 0 saturated carbocycles. The largest absolute Gasteiger partial charge is 0.458 e. The summed E-state index contributed by atoms with van der Waals surface area (Å²) in [5, 5.41) is 23.8. The summed E-state index contributed by atoms with van der Waals surface area (Å²) in [4.78, 5) is 31.0. The molecule has 1 atom stereocenters. The van der Waals surface area contributed by atoms with Crippen LogP contribution in [0.1, 0.15) is 48.4 Å². The molecule has 2 aliphatic heterocycles. The molecule has 2 aromatic heterocycles. The van der Waals surface area contributed by atoms with Gasteiger partial charge in [-0.1, -0.05) is 37.3 Å². The molecular weight excluding hydrogens is 444 g/mol. The highest BCUT2D eigenvalue weighted by molar-refractivity contribution is 6.09. The van der Waals surface area contributed by atoms with Gasteiger partial charge in [0.15, 0.2) is 5.60 Å². The fourth-order valence-electron chi connectivity index (χ4n) is 5.63. The summed E-state index contributed by atoms with van der Waals surface area (Å²) < 4.78 is 6.87. The van der Waals surface area contributed by atoms with E-state index in [1.807, 2.05) is 18.2 Å². The summed E-state index contributed by atoms with van der Waals surface area (Å²) in [5.41, 5.74) is 2.82. The second-order valence-electron chi connectivity index (χ2n) is 9.38. The molecule has 0 fully saturated rings. The first kappa shape index (κ1) is 21.9. The molecule has 0 unspecified atom stereocenters. The van der Waals surface area contributed by atoms with Crippen molar-refractivity contribution in [1.82, 2.24) is 9.55 Å². The third-order valence-corrected chi connectivity index (χ3v) is 7.53.